The first-order chi connectivity index (χ1) is 15.8. The third-order valence-electron chi connectivity index (χ3n) is 5.36. The van der Waals surface area contributed by atoms with Crippen molar-refractivity contribution in [2.45, 2.75) is 134 Å². The Balaban J connectivity index is 3.39. The van der Waals surface area contributed by atoms with Gasteiger partial charge in [-0.25, -0.2) is 0 Å². The molecule has 0 aromatic heterocycles. The van der Waals surface area contributed by atoms with Gasteiger partial charge in [0.2, 0.25) is 0 Å². The number of unbranched alkanes of at least 4 members (excludes halogenated alkanes) is 17. The van der Waals surface area contributed by atoms with E-state index in [9.17, 15) is 21.6 Å². The molecule has 0 N–H and O–H groups in total. The van der Waals surface area contributed by atoms with Gasteiger partial charge in [-0.2, -0.15) is 21.6 Å². The van der Waals surface area contributed by atoms with Crippen molar-refractivity contribution < 1.29 is 25.8 Å². The molecule has 0 radical (unpaired) electrons. The van der Waals surface area contributed by atoms with Crippen LogP contribution in [0.2, 0.25) is 0 Å². The molecular formula is C26H43F3O3S. The van der Waals surface area contributed by atoms with E-state index in [0.29, 0.717) is 12.8 Å². The number of hydrogen-bond acceptors (Lipinski definition) is 3. The summed E-state index contributed by atoms with van der Waals surface area (Å²) in [7, 11) is -5.45. The molecule has 0 aliphatic heterocycles. The van der Waals surface area contributed by atoms with Crippen LogP contribution in [0.3, 0.4) is 0 Å². The average molecular weight is 493 g/mol. The fourth-order valence-corrected chi connectivity index (χ4v) is 3.82. The zero-order chi connectivity index (χ0) is 24.7. The van der Waals surface area contributed by atoms with E-state index in [-0.39, 0.29) is 0 Å². The lowest BCUT2D eigenvalue weighted by atomic mass is 10.1. The van der Waals surface area contributed by atoms with E-state index >= 15 is 0 Å². The Morgan fingerprint density at radius 2 is 0.970 bits per heavy atom. The van der Waals surface area contributed by atoms with Crippen molar-refractivity contribution in [3.63, 3.8) is 0 Å². The molecule has 0 amide bonds. The SMILES string of the molecule is CCCCCCCCCCCCC#CC#CCCCCCCCCCOS(=O)(=O)C(F)(F)F. The molecule has 0 unspecified atom stereocenters. The predicted molar refractivity (Wildman–Crippen MR) is 130 cm³/mol. The predicted octanol–water partition coefficient (Wildman–Crippen LogP) is 8.29. The summed E-state index contributed by atoms with van der Waals surface area (Å²) >= 11 is 0. The summed E-state index contributed by atoms with van der Waals surface area (Å²) in [5.41, 5.74) is -5.34. The lowest BCUT2D eigenvalue weighted by Gasteiger charge is -2.07. The number of halogens is 3. The Morgan fingerprint density at radius 3 is 1.36 bits per heavy atom. The molecule has 33 heavy (non-hydrogen) atoms. The van der Waals surface area contributed by atoms with Crippen LogP contribution in [0.5, 0.6) is 0 Å². The molecule has 0 aliphatic rings. The smallest absolute Gasteiger partial charge is 0.263 e. The second kappa shape index (κ2) is 21.4. The molecule has 0 spiro atoms. The Bertz CT molecular complexity index is 680. The molecular weight excluding hydrogens is 449 g/mol. The molecule has 0 bridgehead atoms. The minimum Gasteiger partial charge on any atom is -0.263 e. The summed E-state index contributed by atoms with van der Waals surface area (Å²) in [5, 5.41) is 0. The number of alkyl halides is 3. The highest BCUT2D eigenvalue weighted by atomic mass is 32.2. The number of hydrogen-bond donors (Lipinski definition) is 0. The lowest BCUT2D eigenvalue weighted by Crippen LogP contribution is -2.25. The van der Waals surface area contributed by atoms with E-state index in [1.54, 1.807) is 0 Å². The summed E-state index contributed by atoms with van der Waals surface area (Å²) in [6.07, 6.45) is 20.9. The zero-order valence-electron chi connectivity index (χ0n) is 20.4. The Kier molecular flexibility index (Phi) is 20.6. The summed E-state index contributed by atoms with van der Waals surface area (Å²) in [4.78, 5) is 0. The van der Waals surface area contributed by atoms with E-state index in [2.05, 4.69) is 34.8 Å². The summed E-state index contributed by atoms with van der Waals surface area (Å²) in [6, 6.07) is 0. The largest absolute Gasteiger partial charge is 0.523 e. The van der Waals surface area contributed by atoms with Gasteiger partial charge in [-0.1, -0.05) is 109 Å². The van der Waals surface area contributed by atoms with Gasteiger partial charge in [0, 0.05) is 12.8 Å². The van der Waals surface area contributed by atoms with Gasteiger partial charge in [0.25, 0.3) is 0 Å². The van der Waals surface area contributed by atoms with Crippen LogP contribution in [0.1, 0.15) is 129 Å². The molecule has 0 heterocycles. The molecule has 0 atom stereocenters. The first-order valence-electron chi connectivity index (χ1n) is 12.7. The van der Waals surface area contributed by atoms with Gasteiger partial charge in [-0.15, -0.1) is 0 Å². The van der Waals surface area contributed by atoms with Crippen molar-refractivity contribution in [2.24, 2.45) is 0 Å². The van der Waals surface area contributed by atoms with Gasteiger partial charge < -0.3 is 0 Å². The Morgan fingerprint density at radius 1 is 0.606 bits per heavy atom. The topological polar surface area (TPSA) is 43.4 Å². The van der Waals surface area contributed by atoms with E-state index in [1.807, 2.05) is 0 Å². The van der Waals surface area contributed by atoms with Crippen LogP contribution in [-0.2, 0) is 14.3 Å². The van der Waals surface area contributed by atoms with Gasteiger partial charge in [0.15, 0.2) is 0 Å². The van der Waals surface area contributed by atoms with Crippen LogP contribution < -0.4 is 0 Å². The van der Waals surface area contributed by atoms with E-state index < -0.39 is 22.2 Å². The maximum absolute atomic E-state index is 12.1. The molecule has 0 aromatic rings. The minimum atomic E-state index is -5.45. The second-order valence-corrected chi connectivity index (χ2v) is 10.1. The third-order valence-corrected chi connectivity index (χ3v) is 6.41. The standard InChI is InChI=1S/C26H43F3O3S/c1-2-3-4-5-6-7-8-9-10-11-12-13-14-15-16-17-18-19-20-21-22-23-24-25-32-33(30,31)26(27,28)29/h2-12,17-25H2,1H3. The normalized spacial score (nSPS) is 11.5. The molecule has 0 aliphatic carbocycles. The van der Waals surface area contributed by atoms with Crippen molar-refractivity contribution in [1.82, 2.24) is 0 Å². The maximum Gasteiger partial charge on any atom is 0.523 e. The highest BCUT2D eigenvalue weighted by Crippen LogP contribution is 2.24. The van der Waals surface area contributed by atoms with Gasteiger partial charge in [0.05, 0.1) is 6.61 Å². The van der Waals surface area contributed by atoms with E-state index in [4.69, 9.17) is 0 Å². The Labute approximate surface area is 200 Å². The van der Waals surface area contributed by atoms with Crippen LogP contribution in [0.15, 0.2) is 0 Å². The summed E-state index contributed by atoms with van der Waals surface area (Å²) in [6.45, 7) is 1.83. The highest BCUT2D eigenvalue weighted by molar-refractivity contribution is 7.87. The molecule has 0 aromatic carbocycles. The van der Waals surface area contributed by atoms with Crippen LogP contribution >= 0.6 is 0 Å². The van der Waals surface area contributed by atoms with E-state index in [0.717, 1.165) is 51.4 Å². The molecule has 3 nitrogen and oxygen atoms in total. The Hall–Kier alpha value is -1.18. The molecule has 0 fully saturated rings. The van der Waals surface area contributed by atoms with Gasteiger partial charge >= 0.3 is 15.6 Å². The maximum atomic E-state index is 12.1. The van der Waals surface area contributed by atoms with Crippen molar-refractivity contribution in [3.05, 3.63) is 0 Å². The molecule has 0 saturated carbocycles. The minimum absolute atomic E-state index is 0.304. The average Bonchev–Trinajstić information content (AvgIpc) is 2.76. The lowest BCUT2D eigenvalue weighted by molar-refractivity contribution is -0.0542. The molecule has 7 heteroatoms. The molecule has 0 rings (SSSR count). The third kappa shape index (κ3) is 21.1. The monoisotopic (exact) mass is 492 g/mol. The number of rotatable bonds is 20. The van der Waals surface area contributed by atoms with E-state index in [1.165, 1.54) is 57.8 Å². The fourth-order valence-electron chi connectivity index (χ4n) is 3.35. The van der Waals surface area contributed by atoms with Crippen molar-refractivity contribution >= 4 is 10.1 Å². The molecule has 192 valence electrons. The van der Waals surface area contributed by atoms with Crippen molar-refractivity contribution in [3.8, 4) is 23.7 Å². The fraction of sp³-hybridized carbons (Fsp3) is 0.846. The first kappa shape index (κ1) is 31.8. The van der Waals surface area contributed by atoms with Crippen LogP contribution in [0.25, 0.3) is 0 Å². The van der Waals surface area contributed by atoms with Crippen LogP contribution in [0, 0.1) is 23.7 Å². The summed E-state index contributed by atoms with van der Waals surface area (Å²) in [5.74, 6) is 12.1. The first-order valence-corrected chi connectivity index (χ1v) is 14.1. The van der Waals surface area contributed by atoms with Crippen molar-refractivity contribution in [2.75, 3.05) is 6.61 Å². The van der Waals surface area contributed by atoms with Gasteiger partial charge in [-0.05, 0) is 31.1 Å². The zero-order valence-corrected chi connectivity index (χ0v) is 21.2. The van der Waals surface area contributed by atoms with Gasteiger partial charge in [-0.3, -0.25) is 4.18 Å². The molecule has 0 saturated heterocycles. The second-order valence-electron chi connectivity index (χ2n) is 8.48. The summed E-state index contributed by atoms with van der Waals surface area (Å²) < 4.78 is 61.6. The van der Waals surface area contributed by atoms with Crippen LogP contribution in [0.4, 0.5) is 13.2 Å². The van der Waals surface area contributed by atoms with Crippen molar-refractivity contribution in [1.29, 1.82) is 0 Å². The van der Waals surface area contributed by atoms with Crippen LogP contribution in [-0.4, -0.2) is 20.5 Å². The van der Waals surface area contributed by atoms with Gasteiger partial charge in [0.1, 0.15) is 0 Å². The highest BCUT2D eigenvalue weighted by Gasteiger charge is 2.47. The quantitative estimate of drug-likeness (QED) is 0.0743.